The van der Waals surface area contributed by atoms with Gasteiger partial charge < -0.3 is 4.74 Å². The van der Waals surface area contributed by atoms with Crippen LogP contribution in [-0.2, 0) is 19.6 Å². The Morgan fingerprint density at radius 3 is 2.23 bits per heavy atom. The fourth-order valence-electron chi connectivity index (χ4n) is 2.80. The summed E-state index contributed by atoms with van der Waals surface area (Å²) in [6, 6.07) is 7.95. The molecule has 0 atom stereocenters. The summed E-state index contributed by atoms with van der Waals surface area (Å²) in [6.07, 6.45) is 0.217. The highest BCUT2D eigenvalue weighted by molar-refractivity contribution is 7.89. The van der Waals surface area contributed by atoms with Crippen LogP contribution < -0.4 is 0 Å². The monoisotopic (exact) mass is 324 g/mol. The van der Waals surface area contributed by atoms with Crippen molar-refractivity contribution in [1.29, 1.82) is 0 Å². The molecule has 2 heterocycles. The lowest BCUT2D eigenvalue weighted by atomic mass is 10.1. The van der Waals surface area contributed by atoms with Crippen LogP contribution in [0.4, 0.5) is 4.79 Å². The highest BCUT2D eigenvalue weighted by Gasteiger charge is 2.40. The zero-order chi connectivity index (χ0) is 15.7. The molecule has 1 aromatic carbocycles. The van der Waals surface area contributed by atoms with Crippen LogP contribution in [0.3, 0.4) is 0 Å². The normalized spacial score (nSPS) is 21.2. The molecule has 0 radical (unpaired) electrons. The number of cyclic esters (lactones) is 1. The number of sulfonamides is 1. The molecule has 0 aromatic heterocycles. The SMILES string of the molecule is O=C1COC(=O)N1C1CCN(S(=O)(=O)c2ccccc2)CC1. The highest BCUT2D eigenvalue weighted by atomic mass is 32.2. The van der Waals surface area contributed by atoms with Gasteiger partial charge >= 0.3 is 6.09 Å². The van der Waals surface area contributed by atoms with Gasteiger partial charge in [-0.2, -0.15) is 4.31 Å². The molecule has 0 aliphatic carbocycles. The van der Waals surface area contributed by atoms with E-state index in [0.29, 0.717) is 12.8 Å². The van der Waals surface area contributed by atoms with Crippen molar-refractivity contribution in [2.24, 2.45) is 0 Å². The molecule has 22 heavy (non-hydrogen) atoms. The number of imide groups is 1. The average Bonchev–Trinajstić information content (AvgIpc) is 2.87. The Labute approximate surface area is 128 Å². The van der Waals surface area contributed by atoms with E-state index >= 15 is 0 Å². The Morgan fingerprint density at radius 1 is 1.05 bits per heavy atom. The first-order chi connectivity index (χ1) is 10.5. The highest BCUT2D eigenvalue weighted by Crippen LogP contribution is 2.25. The third-order valence-corrected chi connectivity index (χ3v) is 5.87. The molecule has 8 heteroatoms. The molecule has 2 aliphatic rings. The minimum Gasteiger partial charge on any atom is -0.439 e. The number of piperidine rings is 1. The van der Waals surface area contributed by atoms with Crippen LogP contribution in [0, 0.1) is 0 Å². The first-order valence-corrected chi connectivity index (χ1v) is 8.48. The van der Waals surface area contributed by atoms with Crippen LogP contribution in [0.15, 0.2) is 35.2 Å². The van der Waals surface area contributed by atoms with Crippen molar-refractivity contribution in [3.05, 3.63) is 30.3 Å². The number of nitrogens with zero attached hydrogens (tertiary/aromatic N) is 2. The lowest BCUT2D eigenvalue weighted by Gasteiger charge is -2.33. The summed E-state index contributed by atoms with van der Waals surface area (Å²) < 4.78 is 31.1. The summed E-state index contributed by atoms with van der Waals surface area (Å²) in [5.74, 6) is -0.352. The van der Waals surface area contributed by atoms with Gasteiger partial charge in [-0.05, 0) is 25.0 Å². The fraction of sp³-hybridized carbons (Fsp3) is 0.429. The van der Waals surface area contributed by atoms with Gasteiger partial charge in [-0.1, -0.05) is 18.2 Å². The van der Waals surface area contributed by atoms with Gasteiger partial charge in [-0.3, -0.25) is 4.79 Å². The number of carbonyl (C=O) groups is 2. The summed E-state index contributed by atoms with van der Waals surface area (Å²) in [5.41, 5.74) is 0. The number of hydrogen-bond acceptors (Lipinski definition) is 5. The van der Waals surface area contributed by atoms with Crippen LogP contribution >= 0.6 is 0 Å². The summed E-state index contributed by atoms with van der Waals surface area (Å²) in [7, 11) is -3.52. The van der Waals surface area contributed by atoms with Crippen molar-refractivity contribution in [1.82, 2.24) is 9.21 Å². The Bertz CT molecular complexity index is 664. The molecule has 118 valence electrons. The van der Waals surface area contributed by atoms with Crippen molar-refractivity contribution in [3.8, 4) is 0 Å². The zero-order valence-corrected chi connectivity index (χ0v) is 12.7. The van der Waals surface area contributed by atoms with E-state index in [1.54, 1.807) is 30.3 Å². The minimum atomic E-state index is -3.52. The predicted octanol–water partition coefficient (Wildman–Crippen LogP) is 0.818. The second-order valence-corrected chi connectivity index (χ2v) is 7.20. The summed E-state index contributed by atoms with van der Waals surface area (Å²) in [4.78, 5) is 24.5. The molecule has 1 aromatic rings. The van der Waals surface area contributed by atoms with Crippen LogP contribution in [0.25, 0.3) is 0 Å². The molecule has 2 aliphatic heterocycles. The molecule has 0 N–H and O–H groups in total. The summed E-state index contributed by atoms with van der Waals surface area (Å²) in [5, 5.41) is 0. The van der Waals surface area contributed by atoms with Crippen molar-refractivity contribution < 1.29 is 22.7 Å². The third kappa shape index (κ3) is 2.59. The van der Waals surface area contributed by atoms with Gasteiger partial charge in [0.2, 0.25) is 10.0 Å². The largest absolute Gasteiger partial charge is 0.439 e. The van der Waals surface area contributed by atoms with E-state index in [0.717, 1.165) is 4.90 Å². The van der Waals surface area contributed by atoms with Crippen molar-refractivity contribution in [2.75, 3.05) is 19.7 Å². The smallest absolute Gasteiger partial charge is 0.417 e. The molecular formula is C14H16N2O5S. The van der Waals surface area contributed by atoms with E-state index in [-0.39, 0.29) is 36.5 Å². The number of ether oxygens (including phenoxy) is 1. The molecule has 0 unspecified atom stereocenters. The van der Waals surface area contributed by atoms with Gasteiger partial charge in [0.25, 0.3) is 5.91 Å². The van der Waals surface area contributed by atoms with Gasteiger partial charge in [0.05, 0.1) is 4.90 Å². The zero-order valence-electron chi connectivity index (χ0n) is 11.8. The van der Waals surface area contributed by atoms with Crippen molar-refractivity contribution in [2.45, 2.75) is 23.8 Å². The van der Waals surface area contributed by atoms with E-state index in [1.165, 1.54) is 4.31 Å². The third-order valence-electron chi connectivity index (χ3n) is 3.95. The molecule has 0 bridgehead atoms. The molecule has 2 amide bonds. The molecular weight excluding hydrogens is 308 g/mol. The summed E-state index contributed by atoms with van der Waals surface area (Å²) >= 11 is 0. The second-order valence-electron chi connectivity index (χ2n) is 5.27. The lowest BCUT2D eigenvalue weighted by molar-refractivity contribution is -0.127. The van der Waals surface area contributed by atoms with Gasteiger partial charge in [0.15, 0.2) is 6.61 Å². The molecule has 0 spiro atoms. The molecule has 2 fully saturated rings. The van der Waals surface area contributed by atoms with Crippen molar-refractivity contribution in [3.63, 3.8) is 0 Å². The lowest BCUT2D eigenvalue weighted by Crippen LogP contribution is -2.48. The quantitative estimate of drug-likeness (QED) is 0.822. The molecule has 7 nitrogen and oxygen atoms in total. The Balaban J connectivity index is 1.70. The maximum atomic E-state index is 12.5. The number of benzene rings is 1. The van der Waals surface area contributed by atoms with E-state index in [4.69, 9.17) is 4.74 Å². The average molecular weight is 324 g/mol. The van der Waals surface area contributed by atoms with Gasteiger partial charge in [0.1, 0.15) is 0 Å². The van der Waals surface area contributed by atoms with E-state index < -0.39 is 16.1 Å². The van der Waals surface area contributed by atoms with Crippen LogP contribution in [-0.4, -0.2) is 55.4 Å². The van der Waals surface area contributed by atoms with E-state index in [1.807, 2.05) is 0 Å². The minimum absolute atomic E-state index is 0.221. The second kappa shape index (κ2) is 5.69. The maximum Gasteiger partial charge on any atom is 0.417 e. The van der Waals surface area contributed by atoms with Gasteiger partial charge in [0, 0.05) is 19.1 Å². The standard InChI is InChI=1S/C14H16N2O5S/c17-13-10-21-14(18)16(13)11-6-8-15(9-7-11)22(19,20)12-4-2-1-3-5-12/h1-5,11H,6-10H2. The van der Waals surface area contributed by atoms with Crippen molar-refractivity contribution >= 4 is 22.0 Å². The summed E-state index contributed by atoms with van der Waals surface area (Å²) in [6.45, 7) is 0.333. The van der Waals surface area contributed by atoms with Crippen LogP contribution in [0.5, 0.6) is 0 Å². The number of carbonyl (C=O) groups excluding carboxylic acids is 2. The number of hydrogen-bond donors (Lipinski definition) is 0. The Hall–Kier alpha value is -1.93. The van der Waals surface area contributed by atoms with Gasteiger partial charge in [-0.15, -0.1) is 0 Å². The predicted molar refractivity (Wildman–Crippen MR) is 76.4 cm³/mol. The molecule has 3 rings (SSSR count). The maximum absolute atomic E-state index is 12.5. The first kappa shape index (κ1) is 15.0. The van der Waals surface area contributed by atoms with Gasteiger partial charge in [-0.25, -0.2) is 18.1 Å². The number of amides is 2. The van der Waals surface area contributed by atoms with E-state index in [9.17, 15) is 18.0 Å². The first-order valence-electron chi connectivity index (χ1n) is 7.04. The Kier molecular flexibility index (Phi) is 3.88. The topological polar surface area (TPSA) is 84.0 Å². The molecule has 0 saturated carbocycles. The van der Waals surface area contributed by atoms with Crippen LogP contribution in [0.1, 0.15) is 12.8 Å². The fourth-order valence-corrected chi connectivity index (χ4v) is 4.29. The Morgan fingerprint density at radius 2 is 1.68 bits per heavy atom. The molecule has 2 saturated heterocycles. The number of rotatable bonds is 3. The van der Waals surface area contributed by atoms with Crippen LogP contribution in [0.2, 0.25) is 0 Å². The van der Waals surface area contributed by atoms with E-state index in [2.05, 4.69) is 0 Å².